The second kappa shape index (κ2) is 2.59. The lowest BCUT2D eigenvalue weighted by Crippen LogP contribution is -1.70. The fourth-order valence-electron chi connectivity index (χ4n) is 0.773. The zero-order valence-electron chi connectivity index (χ0n) is 4.93. The maximum absolute atomic E-state index is 5.15. The van der Waals surface area contributed by atoms with Crippen LogP contribution in [0.25, 0.3) is 0 Å². The Kier molecular flexibility index (Phi) is 1.88. The van der Waals surface area contributed by atoms with Crippen molar-refractivity contribution in [2.24, 2.45) is 0 Å². The highest BCUT2D eigenvalue weighted by atomic mass is 79.9. The van der Waals surface area contributed by atoms with E-state index >= 15 is 0 Å². The largest absolute Gasteiger partial charge is 0.367 e. The molecule has 0 radical (unpaired) electrons. The summed E-state index contributed by atoms with van der Waals surface area (Å²) in [6.07, 6.45) is 0.366. The molecule has 1 saturated heterocycles. The summed E-state index contributed by atoms with van der Waals surface area (Å²) < 4.78 is 7.46. The van der Waals surface area contributed by atoms with Crippen molar-refractivity contribution in [1.29, 1.82) is 0 Å². The topological polar surface area (TPSA) is 12.5 Å². The third kappa shape index (κ3) is 1.30. The van der Waals surface area contributed by atoms with Gasteiger partial charge in [-0.05, 0) is 37.9 Å². The quantitative estimate of drug-likeness (QED) is 0.720. The van der Waals surface area contributed by atoms with E-state index in [1.54, 1.807) is 11.3 Å². The van der Waals surface area contributed by atoms with Gasteiger partial charge in [0.2, 0.25) is 0 Å². The third-order valence-corrected chi connectivity index (χ3v) is 3.96. The molecule has 1 nitrogen and oxygen atoms in total. The van der Waals surface area contributed by atoms with Crippen LogP contribution in [0.2, 0.25) is 0 Å². The van der Waals surface area contributed by atoms with E-state index in [9.17, 15) is 0 Å². The molecule has 0 amide bonds. The van der Waals surface area contributed by atoms with Crippen molar-refractivity contribution in [2.45, 2.75) is 6.10 Å². The Hall–Kier alpha value is 0.620. The first kappa shape index (κ1) is 7.28. The summed E-state index contributed by atoms with van der Waals surface area (Å²) in [6.45, 7) is 0.881. The Balaban J connectivity index is 2.38. The number of epoxide rings is 1. The molecule has 0 bridgehead atoms. The highest BCUT2D eigenvalue weighted by molar-refractivity contribution is 9.11. The summed E-state index contributed by atoms with van der Waals surface area (Å²) in [7, 11) is 0. The number of thiophene rings is 1. The lowest BCUT2D eigenvalue weighted by Gasteiger charge is -1.85. The number of rotatable bonds is 1. The van der Waals surface area contributed by atoms with Gasteiger partial charge in [-0.2, -0.15) is 0 Å². The number of halogens is 2. The molecule has 1 unspecified atom stereocenters. The van der Waals surface area contributed by atoms with Crippen LogP contribution >= 0.6 is 43.2 Å². The molecule has 0 spiro atoms. The highest BCUT2D eigenvalue weighted by Crippen LogP contribution is 2.42. The Morgan fingerprint density at radius 3 is 2.70 bits per heavy atom. The van der Waals surface area contributed by atoms with E-state index in [1.807, 2.05) is 0 Å². The molecule has 0 aromatic carbocycles. The zero-order valence-corrected chi connectivity index (χ0v) is 8.92. The van der Waals surface area contributed by atoms with Gasteiger partial charge in [0.15, 0.2) is 0 Å². The zero-order chi connectivity index (χ0) is 7.14. The van der Waals surface area contributed by atoms with Gasteiger partial charge in [0.1, 0.15) is 6.10 Å². The van der Waals surface area contributed by atoms with Crippen LogP contribution in [-0.4, -0.2) is 6.61 Å². The molecule has 1 fully saturated rings. The van der Waals surface area contributed by atoms with E-state index in [4.69, 9.17) is 4.74 Å². The van der Waals surface area contributed by atoms with Crippen molar-refractivity contribution in [3.63, 3.8) is 0 Å². The summed E-state index contributed by atoms with van der Waals surface area (Å²) in [4.78, 5) is 1.30. The maximum Gasteiger partial charge on any atom is 0.116 e. The molecular weight excluding hydrogens is 280 g/mol. The number of hydrogen-bond donors (Lipinski definition) is 0. The van der Waals surface area contributed by atoms with E-state index in [-0.39, 0.29) is 0 Å². The Bertz CT molecular complexity index is 254. The average molecular weight is 284 g/mol. The summed E-state index contributed by atoms with van der Waals surface area (Å²) in [5.41, 5.74) is 0. The van der Waals surface area contributed by atoms with Gasteiger partial charge in [-0.3, -0.25) is 0 Å². The Morgan fingerprint density at radius 2 is 2.30 bits per heavy atom. The molecule has 10 heavy (non-hydrogen) atoms. The Labute approximate surface area is 79.6 Å². The fraction of sp³-hybridized carbons (Fsp3) is 0.333. The van der Waals surface area contributed by atoms with Crippen molar-refractivity contribution in [3.05, 3.63) is 19.2 Å². The minimum atomic E-state index is 0.366. The molecule has 0 aliphatic carbocycles. The molecule has 1 aliphatic rings. The van der Waals surface area contributed by atoms with E-state index in [1.165, 1.54) is 4.88 Å². The molecule has 1 aromatic rings. The van der Waals surface area contributed by atoms with Gasteiger partial charge in [-0.15, -0.1) is 11.3 Å². The maximum atomic E-state index is 5.15. The van der Waals surface area contributed by atoms with Gasteiger partial charge < -0.3 is 4.74 Å². The average Bonchev–Trinajstić information content (AvgIpc) is 2.61. The molecule has 4 heteroatoms. The molecular formula is C6H4Br2OS. The predicted octanol–water partition coefficient (Wildman–Crippen LogP) is 3.34. The first-order valence-corrected chi connectivity index (χ1v) is 5.24. The van der Waals surface area contributed by atoms with Crippen LogP contribution in [0.4, 0.5) is 0 Å². The molecule has 1 atom stereocenters. The molecule has 1 aromatic heterocycles. The molecule has 0 saturated carbocycles. The van der Waals surface area contributed by atoms with Crippen molar-refractivity contribution in [1.82, 2.24) is 0 Å². The van der Waals surface area contributed by atoms with Crippen LogP contribution in [0, 0.1) is 0 Å². The van der Waals surface area contributed by atoms with Gasteiger partial charge in [0.25, 0.3) is 0 Å². The minimum absolute atomic E-state index is 0.366. The van der Waals surface area contributed by atoms with Crippen molar-refractivity contribution >= 4 is 43.2 Å². The lowest BCUT2D eigenvalue weighted by molar-refractivity contribution is 0.418. The smallest absolute Gasteiger partial charge is 0.116 e. The number of ether oxygens (including phenoxy) is 1. The van der Waals surface area contributed by atoms with Crippen LogP contribution in [0.5, 0.6) is 0 Å². The van der Waals surface area contributed by atoms with Gasteiger partial charge in [0.05, 0.1) is 15.3 Å². The summed E-state index contributed by atoms with van der Waals surface area (Å²) in [5, 5.41) is 0. The molecule has 0 N–H and O–H groups in total. The monoisotopic (exact) mass is 282 g/mol. The summed E-state index contributed by atoms with van der Waals surface area (Å²) in [5.74, 6) is 0. The van der Waals surface area contributed by atoms with Crippen molar-refractivity contribution in [3.8, 4) is 0 Å². The van der Waals surface area contributed by atoms with E-state index in [0.717, 1.165) is 14.9 Å². The van der Waals surface area contributed by atoms with Crippen LogP contribution in [0.15, 0.2) is 14.3 Å². The van der Waals surface area contributed by atoms with Gasteiger partial charge in [0, 0.05) is 4.47 Å². The van der Waals surface area contributed by atoms with Crippen LogP contribution in [-0.2, 0) is 4.74 Å². The Morgan fingerprint density at radius 1 is 1.60 bits per heavy atom. The van der Waals surface area contributed by atoms with Crippen molar-refractivity contribution < 1.29 is 4.74 Å². The van der Waals surface area contributed by atoms with E-state index in [2.05, 4.69) is 37.9 Å². The van der Waals surface area contributed by atoms with Crippen molar-refractivity contribution in [2.75, 3.05) is 6.61 Å². The molecule has 54 valence electrons. The lowest BCUT2D eigenvalue weighted by atomic mass is 10.4. The standard InChI is InChI=1S/C6H4Br2OS/c7-3-1-5(8)10-6(3)4-2-9-4/h1,4H,2H2. The van der Waals surface area contributed by atoms with E-state index in [0.29, 0.717) is 6.10 Å². The van der Waals surface area contributed by atoms with Gasteiger partial charge >= 0.3 is 0 Å². The number of hydrogen-bond acceptors (Lipinski definition) is 2. The normalized spacial score (nSPS) is 23.2. The molecule has 2 rings (SSSR count). The SMILES string of the molecule is Brc1cc(Br)c(C2CO2)s1. The summed E-state index contributed by atoms with van der Waals surface area (Å²) >= 11 is 8.60. The minimum Gasteiger partial charge on any atom is -0.367 e. The van der Waals surface area contributed by atoms with Crippen LogP contribution < -0.4 is 0 Å². The highest BCUT2D eigenvalue weighted by Gasteiger charge is 2.28. The first-order chi connectivity index (χ1) is 4.77. The second-order valence-corrected chi connectivity index (χ2v) is 5.40. The van der Waals surface area contributed by atoms with Crippen LogP contribution in [0.1, 0.15) is 11.0 Å². The third-order valence-electron chi connectivity index (χ3n) is 1.31. The van der Waals surface area contributed by atoms with Crippen LogP contribution in [0.3, 0.4) is 0 Å². The first-order valence-electron chi connectivity index (χ1n) is 2.83. The summed E-state index contributed by atoms with van der Waals surface area (Å²) in [6, 6.07) is 2.06. The van der Waals surface area contributed by atoms with Gasteiger partial charge in [-0.25, -0.2) is 0 Å². The molecule has 1 aliphatic heterocycles. The fourth-order valence-corrected chi connectivity index (χ4v) is 3.52. The van der Waals surface area contributed by atoms with E-state index < -0.39 is 0 Å². The predicted molar refractivity (Wildman–Crippen MR) is 48.4 cm³/mol. The second-order valence-electron chi connectivity index (χ2n) is 2.08. The van der Waals surface area contributed by atoms with Gasteiger partial charge in [-0.1, -0.05) is 0 Å². The molecule has 2 heterocycles.